The Balaban J connectivity index is 2.79. The predicted molar refractivity (Wildman–Crippen MR) is 72.3 cm³/mol. The molecule has 0 aliphatic heterocycles. The van der Waals surface area contributed by atoms with Gasteiger partial charge in [0.2, 0.25) is 15.9 Å². The van der Waals surface area contributed by atoms with Crippen molar-refractivity contribution in [2.75, 3.05) is 18.9 Å². The number of carbonyl (C=O) groups is 1. The third-order valence-electron chi connectivity index (χ3n) is 2.17. The van der Waals surface area contributed by atoms with E-state index in [1.54, 1.807) is 20.9 Å². The summed E-state index contributed by atoms with van der Waals surface area (Å²) in [6.45, 7) is 3.29. The molecule has 8 heteroatoms. The van der Waals surface area contributed by atoms with Crippen LogP contribution in [0.25, 0.3) is 0 Å². The van der Waals surface area contributed by atoms with Crippen molar-refractivity contribution in [3.63, 3.8) is 0 Å². The molecule has 1 aromatic heterocycles. The van der Waals surface area contributed by atoms with Crippen molar-refractivity contribution in [1.29, 1.82) is 0 Å². The van der Waals surface area contributed by atoms with E-state index >= 15 is 0 Å². The Morgan fingerprint density at radius 2 is 2.11 bits per heavy atom. The SMILES string of the molecule is CNc1ncccc1S(=O)(=O)NCC(=O)NC(C)C. The van der Waals surface area contributed by atoms with Crippen molar-refractivity contribution in [3.8, 4) is 0 Å². The summed E-state index contributed by atoms with van der Waals surface area (Å²) in [4.78, 5) is 15.3. The van der Waals surface area contributed by atoms with Crippen LogP contribution in [0.1, 0.15) is 13.8 Å². The number of aromatic nitrogens is 1. The largest absolute Gasteiger partial charge is 0.372 e. The zero-order valence-electron chi connectivity index (χ0n) is 11.1. The molecule has 1 aromatic rings. The highest BCUT2D eigenvalue weighted by Gasteiger charge is 2.19. The van der Waals surface area contributed by atoms with Gasteiger partial charge >= 0.3 is 0 Å². The Labute approximate surface area is 112 Å². The highest BCUT2D eigenvalue weighted by atomic mass is 32.2. The average molecular weight is 286 g/mol. The van der Waals surface area contributed by atoms with E-state index in [2.05, 4.69) is 20.3 Å². The number of anilines is 1. The topological polar surface area (TPSA) is 100 Å². The number of rotatable bonds is 6. The third kappa shape index (κ3) is 4.49. The smallest absolute Gasteiger partial charge is 0.244 e. The normalized spacial score (nSPS) is 11.4. The number of amides is 1. The van der Waals surface area contributed by atoms with Crippen molar-refractivity contribution in [2.45, 2.75) is 24.8 Å². The van der Waals surface area contributed by atoms with Crippen LogP contribution in [0, 0.1) is 0 Å². The van der Waals surface area contributed by atoms with Crippen LogP contribution in [0.5, 0.6) is 0 Å². The number of pyridine rings is 1. The number of hydrogen-bond acceptors (Lipinski definition) is 5. The first-order chi connectivity index (χ1) is 8.86. The first kappa shape index (κ1) is 15.4. The second kappa shape index (κ2) is 6.48. The average Bonchev–Trinajstić information content (AvgIpc) is 2.36. The first-order valence-electron chi connectivity index (χ1n) is 5.78. The minimum Gasteiger partial charge on any atom is -0.372 e. The number of hydrogen-bond donors (Lipinski definition) is 3. The molecule has 1 amide bonds. The van der Waals surface area contributed by atoms with Gasteiger partial charge in [-0.3, -0.25) is 4.79 Å². The van der Waals surface area contributed by atoms with Gasteiger partial charge < -0.3 is 10.6 Å². The molecule has 0 fully saturated rings. The van der Waals surface area contributed by atoms with E-state index in [9.17, 15) is 13.2 Å². The standard InChI is InChI=1S/C11H18N4O3S/c1-8(2)15-10(16)7-14-19(17,18)9-5-4-6-13-11(9)12-3/h4-6,8,14H,7H2,1-3H3,(H,12,13)(H,15,16). The van der Waals surface area contributed by atoms with Gasteiger partial charge in [-0.15, -0.1) is 0 Å². The fraction of sp³-hybridized carbons (Fsp3) is 0.455. The third-order valence-corrected chi connectivity index (χ3v) is 3.60. The van der Waals surface area contributed by atoms with Gasteiger partial charge in [0.25, 0.3) is 0 Å². The van der Waals surface area contributed by atoms with Crippen LogP contribution in [0.4, 0.5) is 5.82 Å². The van der Waals surface area contributed by atoms with Gasteiger partial charge in [0.05, 0.1) is 6.54 Å². The number of sulfonamides is 1. The van der Waals surface area contributed by atoms with Crippen LogP contribution in [0.3, 0.4) is 0 Å². The van der Waals surface area contributed by atoms with Crippen LogP contribution in [0.15, 0.2) is 23.2 Å². The molecule has 0 aliphatic rings. The summed E-state index contributed by atoms with van der Waals surface area (Å²) in [6, 6.07) is 2.90. The van der Waals surface area contributed by atoms with Crippen LogP contribution >= 0.6 is 0 Å². The Hall–Kier alpha value is -1.67. The molecule has 0 aliphatic carbocycles. The van der Waals surface area contributed by atoms with Crippen molar-refractivity contribution < 1.29 is 13.2 Å². The van der Waals surface area contributed by atoms with Crippen molar-refractivity contribution in [3.05, 3.63) is 18.3 Å². The molecule has 7 nitrogen and oxygen atoms in total. The van der Waals surface area contributed by atoms with Crippen LogP contribution in [0.2, 0.25) is 0 Å². The number of nitrogens with zero attached hydrogens (tertiary/aromatic N) is 1. The van der Waals surface area contributed by atoms with Gasteiger partial charge in [0.1, 0.15) is 10.7 Å². The Kier molecular flexibility index (Phi) is 5.25. The molecule has 3 N–H and O–H groups in total. The lowest BCUT2D eigenvalue weighted by Crippen LogP contribution is -2.39. The van der Waals surface area contributed by atoms with Gasteiger partial charge in [-0.2, -0.15) is 0 Å². The highest BCUT2D eigenvalue weighted by molar-refractivity contribution is 7.89. The molecule has 1 heterocycles. The van der Waals surface area contributed by atoms with E-state index in [0.29, 0.717) is 0 Å². The van der Waals surface area contributed by atoms with Gasteiger partial charge in [-0.25, -0.2) is 18.1 Å². The van der Waals surface area contributed by atoms with E-state index in [4.69, 9.17) is 0 Å². The summed E-state index contributed by atoms with van der Waals surface area (Å²) in [6.07, 6.45) is 1.48. The minimum absolute atomic E-state index is 0.00912. The van der Waals surface area contributed by atoms with Crippen molar-refractivity contribution >= 4 is 21.7 Å². The monoisotopic (exact) mass is 286 g/mol. The summed E-state index contributed by atoms with van der Waals surface area (Å²) in [5, 5.41) is 5.29. The lowest BCUT2D eigenvalue weighted by Gasteiger charge is -2.11. The summed E-state index contributed by atoms with van der Waals surface area (Å²) in [7, 11) is -2.19. The van der Waals surface area contributed by atoms with Gasteiger partial charge in [-0.05, 0) is 26.0 Å². The summed E-state index contributed by atoms with van der Waals surface area (Å²) < 4.78 is 26.3. The van der Waals surface area contributed by atoms with Crippen LogP contribution < -0.4 is 15.4 Å². The quantitative estimate of drug-likeness (QED) is 0.679. The molecular formula is C11H18N4O3S. The van der Waals surface area contributed by atoms with Crippen LogP contribution in [-0.2, 0) is 14.8 Å². The zero-order valence-corrected chi connectivity index (χ0v) is 11.9. The summed E-state index contributed by atoms with van der Waals surface area (Å²) in [5.74, 6) is -0.146. The molecule has 0 saturated heterocycles. The zero-order chi connectivity index (χ0) is 14.5. The van der Waals surface area contributed by atoms with Crippen molar-refractivity contribution in [1.82, 2.24) is 15.0 Å². The van der Waals surface area contributed by atoms with E-state index in [1.165, 1.54) is 18.3 Å². The molecule has 0 unspecified atom stereocenters. The number of carbonyl (C=O) groups excluding carboxylic acids is 1. The van der Waals surface area contributed by atoms with E-state index in [0.717, 1.165) is 0 Å². The highest BCUT2D eigenvalue weighted by Crippen LogP contribution is 2.16. The van der Waals surface area contributed by atoms with Gasteiger partial charge in [0.15, 0.2) is 0 Å². The maximum atomic E-state index is 12.0. The van der Waals surface area contributed by atoms with E-state index in [1.807, 2.05) is 0 Å². The molecule has 1 rings (SSSR count). The Morgan fingerprint density at radius 1 is 1.42 bits per heavy atom. The van der Waals surface area contributed by atoms with E-state index < -0.39 is 10.0 Å². The Bertz CT molecular complexity index is 543. The molecule has 0 radical (unpaired) electrons. The van der Waals surface area contributed by atoms with Crippen LogP contribution in [-0.4, -0.2) is 38.9 Å². The molecule has 0 saturated carbocycles. The molecule has 19 heavy (non-hydrogen) atoms. The molecular weight excluding hydrogens is 268 g/mol. The molecule has 106 valence electrons. The lowest BCUT2D eigenvalue weighted by molar-refractivity contribution is -0.120. The van der Waals surface area contributed by atoms with Crippen molar-refractivity contribution in [2.24, 2.45) is 0 Å². The lowest BCUT2D eigenvalue weighted by atomic mass is 10.4. The summed E-state index contributed by atoms with van der Waals surface area (Å²) in [5.41, 5.74) is 0. The maximum absolute atomic E-state index is 12.0. The molecule has 0 spiro atoms. The van der Waals surface area contributed by atoms with Gasteiger partial charge in [-0.1, -0.05) is 0 Å². The second-order valence-electron chi connectivity index (χ2n) is 4.15. The second-order valence-corrected chi connectivity index (χ2v) is 5.88. The molecule has 0 bridgehead atoms. The minimum atomic E-state index is -3.77. The van der Waals surface area contributed by atoms with Gasteiger partial charge in [0, 0.05) is 19.3 Å². The summed E-state index contributed by atoms with van der Waals surface area (Å²) >= 11 is 0. The fourth-order valence-electron chi connectivity index (χ4n) is 1.41. The first-order valence-corrected chi connectivity index (χ1v) is 7.27. The maximum Gasteiger partial charge on any atom is 0.244 e. The molecule has 0 atom stereocenters. The predicted octanol–water partition coefficient (Wildman–Crippen LogP) is -0.0738. The fourth-order valence-corrected chi connectivity index (χ4v) is 2.55. The Morgan fingerprint density at radius 3 is 2.68 bits per heavy atom. The number of nitrogens with one attached hydrogen (secondary N) is 3. The molecule has 0 aromatic carbocycles. The van der Waals surface area contributed by atoms with E-state index in [-0.39, 0.29) is 29.2 Å².